The van der Waals surface area contributed by atoms with Gasteiger partial charge in [-0.25, -0.2) is 4.98 Å². The van der Waals surface area contributed by atoms with Crippen molar-refractivity contribution < 1.29 is 0 Å². The third-order valence-corrected chi connectivity index (χ3v) is 3.29. The highest BCUT2D eigenvalue weighted by Crippen LogP contribution is 2.26. The quantitative estimate of drug-likeness (QED) is 0.822. The lowest BCUT2D eigenvalue weighted by Gasteiger charge is -2.19. The highest BCUT2D eigenvalue weighted by atomic mass is 15.1. The van der Waals surface area contributed by atoms with E-state index < -0.39 is 0 Å². The molecule has 3 nitrogen and oxygen atoms in total. The van der Waals surface area contributed by atoms with Gasteiger partial charge in [0, 0.05) is 18.3 Å². The number of nitrogens with one attached hydrogen (secondary N) is 1. The summed E-state index contributed by atoms with van der Waals surface area (Å²) in [6.45, 7) is 5.67. The lowest BCUT2D eigenvalue weighted by molar-refractivity contribution is 0.461. The van der Waals surface area contributed by atoms with E-state index >= 15 is 0 Å². The van der Waals surface area contributed by atoms with Gasteiger partial charge in [-0.15, -0.1) is 0 Å². The zero-order valence-corrected chi connectivity index (χ0v) is 9.74. The Morgan fingerprint density at radius 2 is 2.53 bits per heavy atom. The van der Waals surface area contributed by atoms with Crippen molar-refractivity contribution in [3.63, 3.8) is 0 Å². The summed E-state index contributed by atoms with van der Waals surface area (Å²) in [6, 6.07) is 1.11. The second kappa shape index (κ2) is 4.79. The van der Waals surface area contributed by atoms with Crippen LogP contribution in [0.4, 0.5) is 0 Å². The largest absolute Gasteiger partial charge is 0.330 e. The van der Waals surface area contributed by atoms with E-state index in [0.717, 1.165) is 6.54 Å². The average Bonchev–Trinajstić information content (AvgIpc) is 2.88. The number of hydrogen-bond donors (Lipinski definition) is 1. The molecule has 15 heavy (non-hydrogen) atoms. The molecule has 0 aliphatic carbocycles. The summed E-state index contributed by atoms with van der Waals surface area (Å²) in [5, 5.41) is 3.54. The predicted molar refractivity (Wildman–Crippen MR) is 61.8 cm³/mol. The van der Waals surface area contributed by atoms with E-state index in [1.165, 1.54) is 31.4 Å². The first-order valence-corrected chi connectivity index (χ1v) is 6.08. The molecule has 1 saturated heterocycles. The summed E-state index contributed by atoms with van der Waals surface area (Å²) in [5.41, 5.74) is 1.37. The van der Waals surface area contributed by atoms with Gasteiger partial charge >= 0.3 is 0 Å². The van der Waals surface area contributed by atoms with Crippen molar-refractivity contribution in [1.82, 2.24) is 14.9 Å². The molecule has 2 heterocycles. The van der Waals surface area contributed by atoms with Crippen LogP contribution in [0.1, 0.15) is 57.3 Å². The van der Waals surface area contributed by atoms with Crippen LogP contribution in [0.2, 0.25) is 0 Å². The van der Waals surface area contributed by atoms with E-state index in [9.17, 15) is 0 Å². The first-order chi connectivity index (χ1) is 7.33. The Kier molecular flexibility index (Phi) is 3.41. The molecule has 0 amide bonds. The molecular weight excluding hydrogens is 186 g/mol. The average molecular weight is 207 g/mol. The molecule has 1 N–H and O–H groups in total. The molecule has 1 fully saturated rings. The molecule has 0 aromatic carbocycles. The van der Waals surface area contributed by atoms with Crippen LogP contribution in [0.3, 0.4) is 0 Å². The fourth-order valence-corrected chi connectivity index (χ4v) is 2.45. The van der Waals surface area contributed by atoms with Crippen LogP contribution >= 0.6 is 0 Å². The Bertz CT molecular complexity index is 300. The molecule has 2 atom stereocenters. The van der Waals surface area contributed by atoms with Gasteiger partial charge in [-0.3, -0.25) is 0 Å². The standard InChI is InChI=1S/C12H21N3/c1-3-5-10(2)15-9-13-8-12(15)11-6-4-7-14-11/h8-11,14H,3-7H2,1-2H3. The monoisotopic (exact) mass is 207 g/mol. The smallest absolute Gasteiger partial charge is 0.0951 e. The maximum absolute atomic E-state index is 4.29. The number of rotatable bonds is 4. The molecular formula is C12H21N3. The van der Waals surface area contributed by atoms with Gasteiger partial charge in [-0.2, -0.15) is 0 Å². The molecule has 84 valence electrons. The molecule has 0 saturated carbocycles. The van der Waals surface area contributed by atoms with E-state index in [4.69, 9.17) is 0 Å². The Morgan fingerprint density at radius 3 is 3.20 bits per heavy atom. The second-order valence-corrected chi connectivity index (χ2v) is 4.51. The second-order valence-electron chi connectivity index (χ2n) is 4.51. The predicted octanol–water partition coefficient (Wildman–Crippen LogP) is 2.67. The maximum Gasteiger partial charge on any atom is 0.0951 e. The van der Waals surface area contributed by atoms with Crippen LogP contribution in [-0.2, 0) is 0 Å². The minimum atomic E-state index is 0.534. The van der Waals surface area contributed by atoms with Crippen LogP contribution < -0.4 is 5.32 Å². The van der Waals surface area contributed by atoms with Crippen molar-refractivity contribution in [2.24, 2.45) is 0 Å². The molecule has 2 unspecified atom stereocenters. The normalized spacial score (nSPS) is 23.2. The topological polar surface area (TPSA) is 29.9 Å². The zero-order valence-electron chi connectivity index (χ0n) is 9.74. The van der Waals surface area contributed by atoms with Crippen LogP contribution in [0.25, 0.3) is 0 Å². The third-order valence-electron chi connectivity index (χ3n) is 3.29. The Labute approximate surface area is 91.9 Å². The van der Waals surface area contributed by atoms with E-state index in [1.54, 1.807) is 0 Å². The summed E-state index contributed by atoms with van der Waals surface area (Å²) < 4.78 is 2.34. The van der Waals surface area contributed by atoms with Gasteiger partial charge < -0.3 is 9.88 Å². The van der Waals surface area contributed by atoms with Crippen molar-refractivity contribution in [3.05, 3.63) is 18.2 Å². The van der Waals surface area contributed by atoms with Crippen molar-refractivity contribution in [1.29, 1.82) is 0 Å². The molecule has 3 heteroatoms. The lowest BCUT2D eigenvalue weighted by atomic mass is 10.1. The van der Waals surface area contributed by atoms with Crippen molar-refractivity contribution in [2.45, 2.75) is 51.6 Å². The number of hydrogen-bond acceptors (Lipinski definition) is 2. The van der Waals surface area contributed by atoms with Crippen molar-refractivity contribution in [3.8, 4) is 0 Å². The van der Waals surface area contributed by atoms with E-state index in [2.05, 4.69) is 28.7 Å². The third kappa shape index (κ3) is 2.23. The molecule has 2 rings (SSSR count). The molecule has 1 aromatic rings. The van der Waals surface area contributed by atoms with Crippen LogP contribution in [0.15, 0.2) is 12.5 Å². The minimum Gasteiger partial charge on any atom is -0.330 e. The van der Waals surface area contributed by atoms with E-state index in [0.29, 0.717) is 12.1 Å². The highest BCUT2D eigenvalue weighted by molar-refractivity contribution is 5.08. The van der Waals surface area contributed by atoms with E-state index in [-0.39, 0.29) is 0 Å². The fraction of sp³-hybridized carbons (Fsp3) is 0.750. The van der Waals surface area contributed by atoms with Crippen molar-refractivity contribution in [2.75, 3.05) is 6.54 Å². The minimum absolute atomic E-state index is 0.534. The number of nitrogens with zero attached hydrogens (tertiary/aromatic N) is 2. The summed E-state index contributed by atoms with van der Waals surface area (Å²) in [6.07, 6.45) is 9.01. The Balaban J connectivity index is 2.13. The zero-order chi connectivity index (χ0) is 10.7. The van der Waals surface area contributed by atoms with Gasteiger partial charge in [0.2, 0.25) is 0 Å². The summed E-state index contributed by atoms with van der Waals surface area (Å²) in [7, 11) is 0. The van der Waals surface area contributed by atoms with Crippen LogP contribution in [-0.4, -0.2) is 16.1 Å². The first-order valence-electron chi connectivity index (χ1n) is 6.08. The summed E-state index contributed by atoms with van der Waals surface area (Å²) >= 11 is 0. The molecule has 1 aliphatic rings. The molecule has 0 bridgehead atoms. The van der Waals surface area contributed by atoms with Gasteiger partial charge in [0.25, 0.3) is 0 Å². The molecule has 1 aliphatic heterocycles. The van der Waals surface area contributed by atoms with E-state index in [1.807, 2.05) is 12.5 Å². The summed E-state index contributed by atoms with van der Waals surface area (Å²) in [5.74, 6) is 0. The molecule has 0 radical (unpaired) electrons. The van der Waals surface area contributed by atoms with Gasteiger partial charge in [0.05, 0.1) is 12.0 Å². The Morgan fingerprint density at radius 1 is 1.67 bits per heavy atom. The summed E-state index contributed by atoms with van der Waals surface area (Å²) in [4.78, 5) is 4.29. The van der Waals surface area contributed by atoms with Crippen molar-refractivity contribution >= 4 is 0 Å². The lowest BCUT2D eigenvalue weighted by Crippen LogP contribution is -2.18. The fourth-order valence-electron chi connectivity index (χ4n) is 2.45. The molecule has 1 aromatic heterocycles. The van der Waals surface area contributed by atoms with Gasteiger partial charge in [0.1, 0.15) is 0 Å². The number of aromatic nitrogens is 2. The number of imidazole rings is 1. The Hall–Kier alpha value is -0.830. The SMILES string of the molecule is CCCC(C)n1cncc1C1CCCN1. The molecule has 0 spiro atoms. The first kappa shape index (κ1) is 10.7. The van der Waals surface area contributed by atoms with Gasteiger partial charge in [-0.05, 0) is 32.7 Å². The van der Waals surface area contributed by atoms with Gasteiger partial charge in [-0.1, -0.05) is 13.3 Å². The van der Waals surface area contributed by atoms with Crippen LogP contribution in [0.5, 0.6) is 0 Å². The highest BCUT2D eigenvalue weighted by Gasteiger charge is 2.21. The van der Waals surface area contributed by atoms with Gasteiger partial charge in [0.15, 0.2) is 0 Å². The maximum atomic E-state index is 4.29. The van der Waals surface area contributed by atoms with Crippen LogP contribution in [0, 0.1) is 0 Å².